The molecule has 0 atom stereocenters. The smallest absolute Gasteiger partial charge is 0.164 e. The van der Waals surface area contributed by atoms with Gasteiger partial charge in [-0.05, 0) is 35.7 Å². The molecule has 0 fully saturated rings. The highest BCUT2D eigenvalue weighted by molar-refractivity contribution is 5.96. The normalized spacial score (nSPS) is 11.0. The summed E-state index contributed by atoms with van der Waals surface area (Å²) in [4.78, 5) is 19.2. The third-order valence-electron chi connectivity index (χ3n) is 6.10. The van der Waals surface area contributed by atoms with Crippen molar-refractivity contribution in [3.63, 3.8) is 0 Å². The van der Waals surface area contributed by atoms with Gasteiger partial charge in [0.05, 0.1) is 5.52 Å². The molecule has 0 aliphatic heterocycles. The number of hydrogen-bond acceptors (Lipinski definition) is 4. The van der Waals surface area contributed by atoms with Gasteiger partial charge < -0.3 is 0 Å². The zero-order valence-electron chi connectivity index (χ0n) is 19.3. The molecule has 0 amide bonds. The highest BCUT2D eigenvalue weighted by Crippen LogP contribution is 2.32. The van der Waals surface area contributed by atoms with Gasteiger partial charge >= 0.3 is 0 Å². The Balaban J connectivity index is 1.52. The summed E-state index contributed by atoms with van der Waals surface area (Å²) in [7, 11) is 0. The molecule has 0 saturated heterocycles. The SMILES string of the molecule is Cc1ccc(-c2cccc(-c3nc(-c4ccccc4)nc(-c4ccccc4)n3)c2)c2cccnc12. The van der Waals surface area contributed by atoms with Crippen LogP contribution >= 0.6 is 0 Å². The maximum Gasteiger partial charge on any atom is 0.164 e. The van der Waals surface area contributed by atoms with E-state index in [0.29, 0.717) is 17.5 Å². The molecule has 0 spiro atoms. The van der Waals surface area contributed by atoms with E-state index in [9.17, 15) is 0 Å². The molecule has 4 aromatic carbocycles. The number of fused-ring (bicyclic) bond motifs is 1. The van der Waals surface area contributed by atoms with Crippen LogP contribution in [0.2, 0.25) is 0 Å². The van der Waals surface area contributed by atoms with Crippen LogP contribution < -0.4 is 0 Å². The number of hydrogen-bond donors (Lipinski definition) is 0. The van der Waals surface area contributed by atoms with Gasteiger partial charge in [-0.3, -0.25) is 4.98 Å². The molecule has 2 aromatic heterocycles. The second-order valence-electron chi connectivity index (χ2n) is 8.45. The third-order valence-corrected chi connectivity index (χ3v) is 6.10. The Hall–Kier alpha value is -4.70. The quantitative estimate of drug-likeness (QED) is 0.281. The van der Waals surface area contributed by atoms with Crippen molar-refractivity contribution >= 4 is 10.9 Å². The van der Waals surface area contributed by atoms with Crippen LogP contribution in [-0.2, 0) is 0 Å². The first-order chi connectivity index (χ1) is 17.3. The maximum atomic E-state index is 4.88. The Bertz CT molecular complexity index is 1590. The van der Waals surface area contributed by atoms with Gasteiger partial charge in [0, 0.05) is 28.3 Å². The molecule has 0 unspecified atom stereocenters. The topological polar surface area (TPSA) is 51.6 Å². The van der Waals surface area contributed by atoms with Gasteiger partial charge in [-0.25, -0.2) is 15.0 Å². The first kappa shape index (κ1) is 20.9. The standard InChI is InChI=1S/C31H22N4/c1-21-17-18-26(27-16-9-19-32-28(21)27)24-14-8-15-25(20-24)31-34-29(22-10-4-2-5-11-22)33-30(35-31)23-12-6-3-7-13-23/h2-20H,1H3. The average molecular weight is 451 g/mol. The molecule has 0 aliphatic carbocycles. The van der Waals surface area contributed by atoms with Gasteiger partial charge in [-0.2, -0.15) is 0 Å². The van der Waals surface area contributed by atoms with Crippen LogP contribution in [-0.4, -0.2) is 19.9 Å². The van der Waals surface area contributed by atoms with Crippen LogP contribution in [0.5, 0.6) is 0 Å². The summed E-state index contributed by atoms with van der Waals surface area (Å²) < 4.78 is 0. The maximum absolute atomic E-state index is 4.88. The van der Waals surface area contributed by atoms with E-state index in [1.807, 2.05) is 72.9 Å². The minimum Gasteiger partial charge on any atom is -0.256 e. The van der Waals surface area contributed by atoms with Crippen molar-refractivity contribution < 1.29 is 0 Å². The highest BCUT2D eigenvalue weighted by Gasteiger charge is 2.13. The van der Waals surface area contributed by atoms with Crippen LogP contribution in [0.3, 0.4) is 0 Å². The number of nitrogens with zero attached hydrogens (tertiary/aromatic N) is 4. The Kier molecular flexibility index (Phi) is 5.32. The lowest BCUT2D eigenvalue weighted by atomic mass is 9.97. The molecule has 0 radical (unpaired) electrons. The van der Waals surface area contributed by atoms with Crippen LogP contribution in [0.1, 0.15) is 5.56 Å². The van der Waals surface area contributed by atoms with E-state index in [1.54, 1.807) is 0 Å². The van der Waals surface area contributed by atoms with Gasteiger partial charge in [0.25, 0.3) is 0 Å². The predicted octanol–water partition coefficient (Wildman–Crippen LogP) is 7.40. The largest absolute Gasteiger partial charge is 0.256 e. The fourth-order valence-corrected chi connectivity index (χ4v) is 4.33. The van der Waals surface area contributed by atoms with E-state index < -0.39 is 0 Å². The van der Waals surface area contributed by atoms with Crippen molar-refractivity contribution in [3.05, 3.63) is 121 Å². The number of aromatic nitrogens is 4. The van der Waals surface area contributed by atoms with Crippen molar-refractivity contribution in [1.82, 2.24) is 19.9 Å². The minimum absolute atomic E-state index is 0.647. The Morgan fingerprint density at radius 1 is 0.486 bits per heavy atom. The minimum atomic E-state index is 0.647. The Morgan fingerprint density at radius 3 is 1.71 bits per heavy atom. The predicted molar refractivity (Wildman–Crippen MR) is 142 cm³/mol. The van der Waals surface area contributed by atoms with Gasteiger partial charge in [0.1, 0.15) is 0 Å². The second-order valence-corrected chi connectivity index (χ2v) is 8.45. The average Bonchev–Trinajstić information content (AvgIpc) is 2.94. The zero-order chi connectivity index (χ0) is 23.6. The van der Waals surface area contributed by atoms with Crippen molar-refractivity contribution in [1.29, 1.82) is 0 Å². The lowest BCUT2D eigenvalue weighted by molar-refractivity contribution is 1.07. The number of rotatable bonds is 4. The molecule has 4 nitrogen and oxygen atoms in total. The van der Waals surface area contributed by atoms with E-state index >= 15 is 0 Å². The molecule has 0 N–H and O–H groups in total. The van der Waals surface area contributed by atoms with Crippen molar-refractivity contribution in [3.8, 4) is 45.3 Å². The summed E-state index contributed by atoms with van der Waals surface area (Å²) in [6.45, 7) is 2.09. The first-order valence-corrected chi connectivity index (χ1v) is 11.6. The molecule has 35 heavy (non-hydrogen) atoms. The molecule has 6 rings (SSSR count). The summed E-state index contributed by atoms with van der Waals surface area (Å²) in [5.41, 5.74) is 7.29. The second kappa shape index (κ2) is 8.92. The van der Waals surface area contributed by atoms with E-state index in [4.69, 9.17) is 15.0 Å². The molecule has 166 valence electrons. The van der Waals surface area contributed by atoms with E-state index in [-0.39, 0.29) is 0 Å². The van der Waals surface area contributed by atoms with Gasteiger partial charge in [0.15, 0.2) is 17.5 Å². The Labute approximate surface area is 204 Å². The molecule has 6 aromatic rings. The van der Waals surface area contributed by atoms with E-state index in [0.717, 1.165) is 44.3 Å². The van der Waals surface area contributed by atoms with Crippen molar-refractivity contribution in [2.45, 2.75) is 6.92 Å². The third kappa shape index (κ3) is 4.06. The summed E-state index contributed by atoms with van der Waals surface area (Å²) in [6, 6.07) is 36.9. The number of benzene rings is 4. The van der Waals surface area contributed by atoms with Crippen molar-refractivity contribution in [2.75, 3.05) is 0 Å². The molecule has 0 saturated carbocycles. The summed E-state index contributed by atoms with van der Waals surface area (Å²) >= 11 is 0. The molecule has 0 aliphatic rings. The summed E-state index contributed by atoms with van der Waals surface area (Å²) in [6.07, 6.45) is 1.84. The number of pyridine rings is 1. The molecule has 0 bridgehead atoms. The molecular weight excluding hydrogens is 428 g/mol. The monoisotopic (exact) mass is 450 g/mol. The summed E-state index contributed by atoms with van der Waals surface area (Å²) in [5, 5.41) is 1.13. The molecule has 4 heteroatoms. The van der Waals surface area contributed by atoms with Crippen molar-refractivity contribution in [2.24, 2.45) is 0 Å². The van der Waals surface area contributed by atoms with E-state index in [1.165, 1.54) is 0 Å². The fraction of sp³-hybridized carbons (Fsp3) is 0.0323. The van der Waals surface area contributed by atoms with Crippen LogP contribution in [0, 0.1) is 6.92 Å². The Morgan fingerprint density at radius 2 is 1.06 bits per heavy atom. The van der Waals surface area contributed by atoms with E-state index in [2.05, 4.69) is 54.4 Å². The van der Waals surface area contributed by atoms with Gasteiger partial charge in [-0.15, -0.1) is 0 Å². The molecule has 2 heterocycles. The first-order valence-electron chi connectivity index (χ1n) is 11.6. The van der Waals surface area contributed by atoms with Crippen LogP contribution in [0.25, 0.3) is 56.2 Å². The fourth-order valence-electron chi connectivity index (χ4n) is 4.33. The lowest BCUT2D eigenvalue weighted by Crippen LogP contribution is -2.00. The van der Waals surface area contributed by atoms with Gasteiger partial charge in [-0.1, -0.05) is 97.1 Å². The van der Waals surface area contributed by atoms with Gasteiger partial charge in [0.2, 0.25) is 0 Å². The zero-order valence-corrected chi connectivity index (χ0v) is 19.3. The van der Waals surface area contributed by atoms with Crippen LogP contribution in [0.15, 0.2) is 115 Å². The van der Waals surface area contributed by atoms with Crippen LogP contribution in [0.4, 0.5) is 0 Å². The lowest BCUT2D eigenvalue weighted by Gasteiger charge is -2.11. The number of aryl methyl sites for hydroxylation is 1. The highest BCUT2D eigenvalue weighted by atomic mass is 15.0. The molecular formula is C31H22N4. The summed E-state index contributed by atoms with van der Waals surface area (Å²) in [5.74, 6) is 1.96.